The van der Waals surface area contributed by atoms with Crippen molar-refractivity contribution in [2.75, 3.05) is 7.05 Å². The molecule has 0 bridgehead atoms. The minimum atomic E-state index is -5.08. The number of carboxylic acid groups (broad SMARTS) is 1. The van der Waals surface area contributed by atoms with Crippen LogP contribution in [0.15, 0.2) is 30.3 Å². The Morgan fingerprint density at radius 2 is 1.97 bits per heavy atom. The van der Waals surface area contributed by atoms with Gasteiger partial charge < -0.3 is 15.2 Å². The molecule has 10 heteroatoms. The first-order valence-electron chi connectivity index (χ1n) is 9.58. The summed E-state index contributed by atoms with van der Waals surface area (Å²) in [5, 5.41) is 15.7. The molecule has 2 aromatic rings. The van der Waals surface area contributed by atoms with Crippen molar-refractivity contribution in [3.63, 3.8) is 0 Å². The second-order valence-corrected chi connectivity index (χ2v) is 7.43. The molecule has 2 N–H and O–H groups in total. The molecule has 1 saturated carbocycles. The number of alkyl halides is 3. The highest BCUT2D eigenvalue weighted by Crippen LogP contribution is 2.28. The highest BCUT2D eigenvalue weighted by molar-refractivity contribution is 6.31. The van der Waals surface area contributed by atoms with Gasteiger partial charge in [0.25, 0.3) is 0 Å². The third-order valence-corrected chi connectivity index (χ3v) is 5.00. The first-order chi connectivity index (χ1) is 14.2. The highest BCUT2D eigenvalue weighted by Gasteiger charge is 2.38. The number of nitrogens with zero attached hydrogens (tertiary/aromatic N) is 2. The number of aliphatic carboxylic acids is 1. The smallest absolute Gasteiger partial charge is 0.475 e. The number of aromatic nitrogens is 2. The average molecular weight is 448 g/mol. The molecule has 1 fully saturated rings. The number of rotatable bonds is 7. The number of hydrogen-bond donors (Lipinski definition) is 2. The maximum absolute atomic E-state index is 10.6. The standard InChI is InChI=1S/C18H24ClN3O.C2HF3O2/c1-20-11-16-10-18(22(21-16)12-14-6-2-3-7-14)23-13-15-8-4-5-9-17(15)19;3-2(4,5)1(6)7/h4-5,8-10,14,20H,2-3,6-7,11-13H2,1H3;(H,6,7). The van der Waals surface area contributed by atoms with Crippen LogP contribution in [0.25, 0.3) is 0 Å². The first kappa shape index (κ1) is 24.0. The van der Waals surface area contributed by atoms with E-state index in [1.54, 1.807) is 0 Å². The van der Waals surface area contributed by atoms with Crippen LogP contribution in [0.4, 0.5) is 13.2 Å². The lowest BCUT2D eigenvalue weighted by atomic mass is 10.1. The minimum absolute atomic E-state index is 0.467. The molecule has 1 heterocycles. The molecule has 1 aromatic carbocycles. The second-order valence-electron chi connectivity index (χ2n) is 7.02. The minimum Gasteiger partial charge on any atom is -0.475 e. The van der Waals surface area contributed by atoms with Gasteiger partial charge in [0.2, 0.25) is 5.88 Å². The Labute approximate surface area is 178 Å². The number of benzene rings is 1. The fourth-order valence-corrected chi connectivity index (χ4v) is 3.36. The monoisotopic (exact) mass is 447 g/mol. The summed E-state index contributed by atoms with van der Waals surface area (Å²) in [6, 6.07) is 9.83. The first-order valence-corrected chi connectivity index (χ1v) is 9.96. The molecule has 0 spiro atoms. The third-order valence-electron chi connectivity index (χ3n) is 4.63. The molecule has 0 aliphatic heterocycles. The number of ether oxygens (including phenoxy) is 1. The van der Waals surface area contributed by atoms with Crippen LogP contribution in [-0.2, 0) is 24.5 Å². The summed E-state index contributed by atoms with van der Waals surface area (Å²) >= 11 is 6.21. The van der Waals surface area contributed by atoms with E-state index in [1.807, 2.05) is 42.1 Å². The van der Waals surface area contributed by atoms with Crippen LogP contribution in [0, 0.1) is 5.92 Å². The predicted molar refractivity (Wildman–Crippen MR) is 106 cm³/mol. The Hall–Kier alpha value is -2.26. The van der Waals surface area contributed by atoms with Gasteiger partial charge in [-0.2, -0.15) is 18.3 Å². The molecule has 0 radical (unpaired) electrons. The van der Waals surface area contributed by atoms with Gasteiger partial charge in [-0.05, 0) is 31.9 Å². The van der Waals surface area contributed by atoms with E-state index in [2.05, 4.69) is 5.32 Å². The molecule has 1 aromatic heterocycles. The van der Waals surface area contributed by atoms with Crippen LogP contribution in [-0.4, -0.2) is 34.1 Å². The van der Waals surface area contributed by atoms with Gasteiger partial charge in [-0.25, -0.2) is 9.48 Å². The fourth-order valence-electron chi connectivity index (χ4n) is 3.17. The van der Waals surface area contributed by atoms with Crippen molar-refractivity contribution in [1.29, 1.82) is 0 Å². The van der Waals surface area contributed by atoms with E-state index in [0.717, 1.165) is 41.2 Å². The van der Waals surface area contributed by atoms with Crippen LogP contribution in [0.3, 0.4) is 0 Å². The Morgan fingerprint density at radius 3 is 2.53 bits per heavy atom. The summed E-state index contributed by atoms with van der Waals surface area (Å²) in [4.78, 5) is 8.90. The summed E-state index contributed by atoms with van der Waals surface area (Å²) in [6.45, 7) is 2.16. The van der Waals surface area contributed by atoms with Crippen molar-refractivity contribution in [2.45, 2.75) is 51.6 Å². The molecule has 0 amide bonds. The van der Waals surface area contributed by atoms with Crippen molar-refractivity contribution >= 4 is 17.6 Å². The number of carboxylic acids is 1. The summed E-state index contributed by atoms with van der Waals surface area (Å²) < 4.78 is 39.8. The number of halogens is 4. The Kier molecular flexibility index (Phi) is 8.98. The fraction of sp³-hybridized carbons (Fsp3) is 0.500. The molecule has 3 rings (SSSR count). The van der Waals surface area contributed by atoms with Crippen molar-refractivity contribution < 1.29 is 27.8 Å². The number of hydrogen-bond acceptors (Lipinski definition) is 4. The van der Waals surface area contributed by atoms with Crippen LogP contribution < -0.4 is 10.1 Å². The molecule has 0 unspecified atom stereocenters. The summed E-state index contributed by atoms with van der Waals surface area (Å²) in [6.07, 6.45) is 0.187. The van der Waals surface area contributed by atoms with E-state index in [1.165, 1.54) is 25.7 Å². The maximum Gasteiger partial charge on any atom is 0.490 e. The molecule has 30 heavy (non-hydrogen) atoms. The molecule has 166 valence electrons. The van der Waals surface area contributed by atoms with Crippen molar-refractivity contribution in [1.82, 2.24) is 15.1 Å². The van der Waals surface area contributed by atoms with Crippen molar-refractivity contribution in [2.24, 2.45) is 5.92 Å². The predicted octanol–water partition coefficient (Wildman–Crippen LogP) is 4.66. The Balaban J connectivity index is 0.000000396. The van der Waals surface area contributed by atoms with Crippen molar-refractivity contribution in [3.8, 4) is 5.88 Å². The lowest BCUT2D eigenvalue weighted by molar-refractivity contribution is -0.192. The second kappa shape index (κ2) is 11.2. The zero-order chi connectivity index (χ0) is 22.1. The summed E-state index contributed by atoms with van der Waals surface area (Å²) in [7, 11) is 1.93. The van der Waals surface area contributed by atoms with E-state index < -0.39 is 12.1 Å². The van der Waals surface area contributed by atoms with E-state index in [4.69, 9.17) is 31.3 Å². The van der Waals surface area contributed by atoms with E-state index in [0.29, 0.717) is 6.61 Å². The molecule has 1 aliphatic carbocycles. The van der Waals surface area contributed by atoms with Gasteiger partial charge in [-0.1, -0.05) is 42.6 Å². The van der Waals surface area contributed by atoms with Gasteiger partial charge in [-0.3, -0.25) is 0 Å². The van der Waals surface area contributed by atoms with E-state index in [-0.39, 0.29) is 0 Å². The van der Waals surface area contributed by atoms with Gasteiger partial charge >= 0.3 is 12.1 Å². The third kappa shape index (κ3) is 7.53. The average Bonchev–Trinajstić information content (AvgIpc) is 3.31. The quantitative estimate of drug-likeness (QED) is 0.645. The van der Waals surface area contributed by atoms with Crippen LogP contribution in [0.1, 0.15) is 36.9 Å². The van der Waals surface area contributed by atoms with Gasteiger partial charge in [-0.15, -0.1) is 0 Å². The molecule has 0 saturated heterocycles. The van der Waals surface area contributed by atoms with Crippen LogP contribution in [0.5, 0.6) is 5.88 Å². The van der Waals surface area contributed by atoms with Crippen molar-refractivity contribution in [3.05, 3.63) is 46.6 Å². The topological polar surface area (TPSA) is 76.4 Å². The Morgan fingerprint density at radius 1 is 1.33 bits per heavy atom. The van der Waals surface area contributed by atoms with Gasteiger partial charge in [0.15, 0.2) is 0 Å². The molecule has 1 aliphatic rings. The molecule has 6 nitrogen and oxygen atoms in total. The lowest BCUT2D eigenvalue weighted by Gasteiger charge is -2.13. The Bertz CT molecular complexity index is 821. The number of carbonyl (C=O) groups is 1. The lowest BCUT2D eigenvalue weighted by Crippen LogP contribution is -2.21. The molecular formula is C20H25ClF3N3O3. The SMILES string of the molecule is CNCc1cc(OCc2ccccc2Cl)n(CC2CCCC2)n1.O=C(O)C(F)(F)F. The van der Waals surface area contributed by atoms with E-state index in [9.17, 15) is 13.2 Å². The molecular weight excluding hydrogens is 423 g/mol. The van der Waals surface area contributed by atoms with Gasteiger partial charge in [0.1, 0.15) is 6.61 Å². The molecule has 0 atom stereocenters. The summed E-state index contributed by atoms with van der Waals surface area (Å²) in [5.74, 6) is -1.20. The maximum atomic E-state index is 10.6. The number of nitrogens with one attached hydrogen (secondary N) is 1. The van der Waals surface area contributed by atoms with Crippen LogP contribution >= 0.6 is 11.6 Å². The van der Waals surface area contributed by atoms with Crippen LogP contribution in [0.2, 0.25) is 5.02 Å². The highest BCUT2D eigenvalue weighted by atomic mass is 35.5. The normalized spacial score (nSPS) is 14.3. The van der Waals surface area contributed by atoms with Gasteiger partial charge in [0.05, 0.1) is 5.69 Å². The summed E-state index contributed by atoms with van der Waals surface area (Å²) in [5.41, 5.74) is 2.01. The van der Waals surface area contributed by atoms with Gasteiger partial charge in [0, 0.05) is 29.7 Å². The largest absolute Gasteiger partial charge is 0.490 e. The zero-order valence-corrected chi connectivity index (χ0v) is 17.3. The zero-order valence-electron chi connectivity index (χ0n) is 16.6. The van der Waals surface area contributed by atoms with E-state index >= 15 is 0 Å².